The van der Waals surface area contributed by atoms with Gasteiger partial charge in [-0.3, -0.25) is 9.78 Å². The van der Waals surface area contributed by atoms with Gasteiger partial charge in [-0.2, -0.15) is 0 Å². The van der Waals surface area contributed by atoms with Crippen LogP contribution in [-0.2, 0) is 4.79 Å². The molecule has 1 N–H and O–H groups in total. The number of hydrogen-bond donors (Lipinski definition) is 1. The van der Waals surface area contributed by atoms with Gasteiger partial charge in [0, 0.05) is 43.2 Å². The molecule has 136 valence electrons. The fourth-order valence-electron chi connectivity index (χ4n) is 3.20. The fourth-order valence-corrected chi connectivity index (χ4v) is 3.20. The number of carbonyl (C=O) groups excluding carboxylic acids is 1. The van der Waals surface area contributed by atoms with Crippen molar-refractivity contribution in [1.29, 1.82) is 0 Å². The van der Waals surface area contributed by atoms with Gasteiger partial charge < -0.3 is 10.2 Å². The molecule has 7 nitrogen and oxygen atoms in total. The number of aromatic nitrogens is 4. The van der Waals surface area contributed by atoms with E-state index in [1.165, 1.54) is 0 Å². The van der Waals surface area contributed by atoms with Gasteiger partial charge in [-0.25, -0.2) is 4.98 Å². The Balaban J connectivity index is 1.34. The van der Waals surface area contributed by atoms with Crippen LogP contribution < -0.4 is 10.2 Å². The van der Waals surface area contributed by atoms with Crippen LogP contribution in [0.4, 0.5) is 11.6 Å². The first-order valence-corrected chi connectivity index (χ1v) is 9.00. The van der Waals surface area contributed by atoms with E-state index in [0.717, 1.165) is 43.0 Å². The van der Waals surface area contributed by atoms with E-state index >= 15 is 0 Å². The highest BCUT2D eigenvalue weighted by atomic mass is 16.1. The van der Waals surface area contributed by atoms with Crippen LogP contribution in [-0.4, -0.2) is 39.2 Å². The second-order valence-corrected chi connectivity index (χ2v) is 6.48. The lowest BCUT2D eigenvalue weighted by Gasteiger charge is -2.31. The number of nitrogens with zero attached hydrogens (tertiary/aromatic N) is 5. The molecule has 0 radical (unpaired) electrons. The van der Waals surface area contributed by atoms with Gasteiger partial charge >= 0.3 is 0 Å². The number of carbonyl (C=O) groups is 1. The van der Waals surface area contributed by atoms with Crippen LogP contribution in [0.2, 0.25) is 0 Å². The molecule has 0 atom stereocenters. The van der Waals surface area contributed by atoms with Gasteiger partial charge in [-0.15, -0.1) is 10.2 Å². The Labute approximate surface area is 157 Å². The zero-order chi connectivity index (χ0) is 18.5. The lowest BCUT2D eigenvalue weighted by atomic mass is 9.96. The Hall–Kier alpha value is -3.35. The first kappa shape index (κ1) is 17.1. The largest absolute Gasteiger partial charge is 0.355 e. The summed E-state index contributed by atoms with van der Waals surface area (Å²) in [6, 6.07) is 13.3. The predicted molar refractivity (Wildman–Crippen MR) is 103 cm³/mol. The molecule has 1 aliphatic heterocycles. The van der Waals surface area contributed by atoms with Crippen molar-refractivity contribution in [3.8, 4) is 11.3 Å². The second kappa shape index (κ2) is 7.90. The Morgan fingerprint density at radius 2 is 1.89 bits per heavy atom. The van der Waals surface area contributed by atoms with Crippen molar-refractivity contribution in [2.24, 2.45) is 5.92 Å². The molecule has 0 aliphatic carbocycles. The molecule has 1 saturated heterocycles. The Morgan fingerprint density at radius 3 is 2.56 bits per heavy atom. The van der Waals surface area contributed by atoms with Crippen molar-refractivity contribution in [2.75, 3.05) is 23.3 Å². The number of nitrogens with one attached hydrogen (secondary N) is 1. The third-order valence-electron chi connectivity index (χ3n) is 4.71. The molecular formula is C20H20N6O. The summed E-state index contributed by atoms with van der Waals surface area (Å²) in [6.07, 6.45) is 6.75. The zero-order valence-corrected chi connectivity index (χ0v) is 14.8. The maximum Gasteiger partial charge on any atom is 0.228 e. The Kier molecular flexibility index (Phi) is 5.00. The van der Waals surface area contributed by atoms with Crippen molar-refractivity contribution in [3.05, 3.63) is 61.1 Å². The van der Waals surface area contributed by atoms with Gasteiger partial charge in [0.25, 0.3) is 0 Å². The number of hydrogen-bond acceptors (Lipinski definition) is 6. The molecule has 3 aromatic rings. The SMILES string of the molecule is O=C(Nc1ccccn1)C1CCN(c2ccc(-c3cccnc3)nn2)CC1. The monoisotopic (exact) mass is 360 g/mol. The molecule has 1 fully saturated rings. The number of pyridine rings is 2. The molecule has 7 heteroatoms. The number of amides is 1. The van der Waals surface area contributed by atoms with E-state index in [1.807, 2.05) is 36.4 Å². The summed E-state index contributed by atoms with van der Waals surface area (Å²) in [6.45, 7) is 1.56. The van der Waals surface area contributed by atoms with Gasteiger partial charge in [0.15, 0.2) is 5.82 Å². The van der Waals surface area contributed by atoms with Crippen molar-refractivity contribution < 1.29 is 4.79 Å². The summed E-state index contributed by atoms with van der Waals surface area (Å²) in [5.74, 6) is 1.46. The lowest BCUT2D eigenvalue weighted by molar-refractivity contribution is -0.120. The minimum absolute atomic E-state index is 0.00844. The average Bonchev–Trinajstić information content (AvgIpc) is 2.75. The van der Waals surface area contributed by atoms with Crippen molar-refractivity contribution in [3.63, 3.8) is 0 Å². The number of rotatable bonds is 4. The highest BCUT2D eigenvalue weighted by Crippen LogP contribution is 2.24. The number of piperidine rings is 1. The van der Waals surface area contributed by atoms with Crippen molar-refractivity contribution in [1.82, 2.24) is 20.2 Å². The van der Waals surface area contributed by atoms with Crippen LogP contribution in [0.15, 0.2) is 61.1 Å². The molecule has 27 heavy (non-hydrogen) atoms. The van der Waals surface area contributed by atoms with Crippen LogP contribution in [0.3, 0.4) is 0 Å². The minimum atomic E-state index is -0.00844. The topological polar surface area (TPSA) is 83.9 Å². The molecule has 0 bridgehead atoms. The molecule has 3 aromatic heterocycles. The van der Waals surface area contributed by atoms with Gasteiger partial charge in [0.05, 0.1) is 5.69 Å². The minimum Gasteiger partial charge on any atom is -0.355 e. The Morgan fingerprint density at radius 1 is 1.00 bits per heavy atom. The smallest absolute Gasteiger partial charge is 0.228 e. The summed E-state index contributed by atoms with van der Waals surface area (Å²) >= 11 is 0. The average molecular weight is 360 g/mol. The fraction of sp³-hybridized carbons (Fsp3) is 0.250. The van der Waals surface area contributed by atoms with Crippen LogP contribution in [0.5, 0.6) is 0 Å². The highest BCUT2D eigenvalue weighted by Gasteiger charge is 2.26. The van der Waals surface area contributed by atoms with Crippen molar-refractivity contribution >= 4 is 17.5 Å². The lowest BCUT2D eigenvalue weighted by Crippen LogP contribution is -2.38. The standard InChI is InChI=1S/C20H20N6O/c27-20(23-18-5-1-2-11-22-18)15-8-12-26(13-9-15)19-7-6-17(24-25-19)16-4-3-10-21-14-16/h1-7,10-11,14-15H,8-9,12-13H2,(H,22,23,27). The van der Waals surface area contributed by atoms with E-state index in [0.29, 0.717) is 5.82 Å². The summed E-state index contributed by atoms with van der Waals surface area (Å²) in [5.41, 5.74) is 1.75. The van der Waals surface area contributed by atoms with Gasteiger partial charge in [0.1, 0.15) is 5.82 Å². The van der Waals surface area contributed by atoms with E-state index in [9.17, 15) is 4.79 Å². The summed E-state index contributed by atoms with van der Waals surface area (Å²) in [5, 5.41) is 11.6. The molecule has 1 aliphatic rings. The van der Waals surface area contributed by atoms with E-state index in [2.05, 4.69) is 30.4 Å². The molecule has 0 aromatic carbocycles. The van der Waals surface area contributed by atoms with E-state index in [1.54, 1.807) is 24.7 Å². The summed E-state index contributed by atoms with van der Waals surface area (Å²) in [7, 11) is 0. The molecule has 0 spiro atoms. The molecule has 1 amide bonds. The quantitative estimate of drug-likeness (QED) is 0.770. The predicted octanol–water partition coefficient (Wildman–Crippen LogP) is 2.79. The number of anilines is 2. The van der Waals surface area contributed by atoms with Crippen LogP contribution in [0.1, 0.15) is 12.8 Å². The van der Waals surface area contributed by atoms with Crippen LogP contribution >= 0.6 is 0 Å². The summed E-state index contributed by atoms with van der Waals surface area (Å²) < 4.78 is 0. The van der Waals surface area contributed by atoms with Crippen LogP contribution in [0, 0.1) is 5.92 Å². The Bertz CT molecular complexity index is 877. The molecular weight excluding hydrogens is 340 g/mol. The van der Waals surface area contributed by atoms with Crippen LogP contribution in [0.25, 0.3) is 11.3 Å². The first-order chi connectivity index (χ1) is 13.3. The summed E-state index contributed by atoms with van der Waals surface area (Å²) in [4.78, 5) is 22.8. The maximum absolute atomic E-state index is 12.4. The third-order valence-corrected chi connectivity index (χ3v) is 4.71. The normalized spacial score (nSPS) is 14.7. The highest BCUT2D eigenvalue weighted by molar-refractivity contribution is 5.91. The van der Waals surface area contributed by atoms with Gasteiger partial charge in [-0.05, 0) is 49.2 Å². The first-order valence-electron chi connectivity index (χ1n) is 9.00. The molecule has 0 saturated carbocycles. The molecule has 4 heterocycles. The van der Waals surface area contributed by atoms with E-state index in [4.69, 9.17) is 0 Å². The van der Waals surface area contributed by atoms with Gasteiger partial charge in [-0.1, -0.05) is 6.07 Å². The molecule has 0 unspecified atom stereocenters. The zero-order valence-electron chi connectivity index (χ0n) is 14.8. The van der Waals surface area contributed by atoms with Crippen molar-refractivity contribution in [2.45, 2.75) is 12.8 Å². The second-order valence-electron chi connectivity index (χ2n) is 6.48. The van der Waals surface area contributed by atoms with E-state index in [-0.39, 0.29) is 11.8 Å². The van der Waals surface area contributed by atoms with E-state index < -0.39 is 0 Å². The molecule has 4 rings (SSSR count). The maximum atomic E-state index is 12.4. The van der Waals surface area contributed by atoms with Gasteiger partial charge in [0.2, 0.25) is 5.91 Å². The third kappa shape index (κ3) is 4.08.